The van der Waals surface area contributed by atoms with Gasteiger partial charge in [-0.15, -0.1) is 0 Å². The van der Waals surface area contributed by atoms with Crippen molar-refractivity contribution >= 4 is 16.3 Å². The summed E-state index contributed by atoms with van der Waals surface area (Å²) in [6.07, 6.45) is 2.21. The van der Waals surface area contributed by atoms with Gasteiger partial charge in [-0.1, -0.05) is 57.0 Å². The molecule has 0 aromatic heterocycles. The van der Waals surface area contributed by atoms with Gasteiger partial charge < -0.3 is 4.74 Å². The second-order valence-electron chi connectivity index (χ2n) is 5.06. The first-order valence-electron chi connectivity index (χ1n) is 7.47. The highest BCUT2D eigenvalue weighted by Gasteiger charge is 2.19. The third-order valence-corrected chi connectivity index (χ3v) is 4.11. The minimum atomic E-state index is -3.90. The first-order chi connectivity index (χ1) is 10.5. The van der Waals surface area contributed by atoms with Gasteiger partial charge in [0.2, 0.25) is 0 Å². The normalized spacial score (nSPS) is 11.4. The molecule has 2 N–H and O–H groups in total. The van der Waals surface area contributed by atoms with E-state index in [1.54, 1.807) is 12.1 Å². The van der Waals surface area contributed by atoms with Gasteiger partial charge >= 0.3 is 16.3 Å². The molecule has 1 aromatic rings. The molecule has 0 aliphatic rings. The first-order valence-corrected chi connectivity index (χ1v) is 8.96. The Morgan fingerprint density at radius 1 is 1.14 bits per heavy atom. The Hall–Kier alpha value is -1.60. The largest absolute Gasteiger partial charge is 0.444 e. The number of hydrogen-bond donors (Lipinski definition) is 2. The third-order valence-electron chi connectivity index (χ3n) is 3.03. The molecule has 0 fully saturated rings. The molecule has 0 unspecified atom stereocenters. The summed E-state index contributed by atoms with van der Waals surface area (Å²) in [6, 6.07) is 8.88. The number of nitrogens with one attached hydrogen (secondary N) is 2. The van der Waals surface area contributed by atoms with E-state index < -0.39 is 16.3 Å². The number of amides is 1. The molecule has 0 saturated carbocycles. The van der Waals surface area contributed by atoms with Crippen molar-refractivity contribution in [2.75, 3.05) is 0 Å². The maximum atomic E-state index is 11.9. The molecule has 7 heteroatoms. The monoisotopic (exact) mass is 328 g/mol. The zero-order valence-electron chi connectivity index (χ0n) is 13.0. The molecule has 0 aliphatic heterocycles. The van der Waals surface area contributed by atoms with Gasteiger partial charge in [0.1, 0.15) is 6.61 Å². The van der Waals surface area contributed by atoms with Crippen molar-refractivity contribution in [1.82, 2.24) is 9.44 Å². The van der Waals surface area contributed by atoms with Crippen LogP contribution in [0.4, 0.5) is 4.79 Å². The quantitative estimate of drug-likeness (QED) is 0.730. The van der Waals surface area contributed by atoms with Crippen LogP contribution in [0.15, 0.2) is 30.3 Å². The fraction of sp³-hybridized carbons (Fsp3) is 0.533. The van der Waals surface area contributed by atoms with Crippen LogP contribution >= 0.6 is 0 Å². The Labute approximate surface area is 132 Å². The number of hydrogen-bond acceptors (Lipinski definition) is 4. The molecule has 1 amide bonds. The van der Waals surface area contributed by atoms with E-state index in [2.05, 4.69) is 4.72 Å². The molecule has 0 spiro atoms. The zero-order chi connectivity index (χ0) is 16.4. The molecule has 0 saturated heterocycles. The Bertz CT molecular complexity index is 540. The molecule has 0 atom stereocenters. The van der Waals surface area contributed by atoms with Crippen molar-refractivity contribution in [3.8, 4) is 0 Å². The van der Waals surface area contributed by atoms with Gasteiger partial charge in [-0.3, -0.25) is 0 Å². The van der Waals surface area contributed by atoms with Crippen LogP contribution in [0.5, 0.6) is 0 Å². The van der Waals surface area contributed by atoms with Gasteiger partial charge in [0.15, 0.2) is 0 Å². The number of rotatable bonds is 9. The molecular weight excluding hydrogens is 304 g/mol. The van der Waals surface area contributed by atoms with Crippen molar-refractivity contribution in [2.24, 2.45) is 0 Å². The molecule has 0 bridgehead atoms. The molecule has 6 nitrogen and oxygen atoms in total. The molecular formula is C15H24N2O4S. The van der Waals surface area contributed by atoms with E-state index in [9.17, 15) is 13.2 Å². The van der Waals surface area contributed by atoms with Gasteiger partial charge in [-0.2, -0.15) is 13.1 Å². The lowest BCUT2D eigenvalue weighted by molar-refractivity contribution is 0.146. The first kappa shape index (κ1) is 18.4. The Morgan fingerprint density at radius 2 is 1.73 bits per heavy atom. The summed E-state index contributed by atoms with van der Waals surface area (Å²) in [5.41, 5.74) is 0.790. The summed E-state index contributed by atoms with van der Waals surface area (Å²) in [5.74, 6) is 0. The lowest BCUT2D eigenvalue weighted by Gasteiger charge is -2.17. The highest BCUT2D eigenvalue weighted by molar-refractivity contribution is 7.88. The average molecular weight is 328 g/mol. The molecule has 0 aliphatic carbocycles. The standard InChI is InChI=1S/C15H24N2O4S/c1-3-8-14(9-4-2)16-22(19,20)17-15(18)21-12-13-10-6-5-7-11-13/h5-7,10-11,14,16H,3-4,8-9,12H2,1-2H3,(H,17,18). The molecule has 1 aromatic carbocycles. The van der Waals surface area contributed by atoms with E-state index in [4.69, 9.17) is 4.74 Å². The number of carbonyl (C=O) groups excluding carboxylic acids is 1. The molecule has 22 heavy (non-hydrogen) atoms. The van der Waals surface area contributed by atoms with Gasteiger partial charge in [0.25, 0.3) is 0 Å². The van der Waals surface area contributed by atoms with Gasteiger partial charge in [-0.25, -0.2) is 9.52 Å². The summed E-state index contributed by atoms with van der Waals surface area (Å²) >= 11 is 0. The average Bonchev–Trinajstić information content (AvgIpc) is 2.46. The van der Waals surface area contributed by atoms with E-state index in [1.807, 2.05) is 36.8 Å². The van der Waals surface area contributed by atoms with E-state index in [1.165, 1.54) is 0 Å². The molecule has 124 valence electrons. The predicted molar refractivity (Wildman–Crippen MR) is 85.4 cm³/mol. The second kappa shape index (κ2) is 9.42. The molecule has 0 heterocycles. The highest BCUT2D eigenvalue weighted by atomic mass is 32.2. The SMILES string of the molecule is CCCC(CCC)NS(=O)(=O)NC(=O)OCc1ccccc1. The summed E-state index contributed by atoms with van der Waals surface area (Å²) in [4.78, 5) is 11.6. The fourth-order valence-corrected chi connectivity index (χ4v) is 3.08. The Kier molecular flexibility index (Phi) is 7.90. The summed E-state index contributed by atoms with van der Waals surface area (Å²) in [5, 5.41) is 0. The van der Waals surface area contributed by atoms with Crippen molar-refractivity contribution in [3.63, 3.8) is 0 Å². The van der Waals surface area contributed by atoms with Crippen LogP contribution in [0.1, 0.15) is 45.1 Å². The number of ether oxygens (including phenoxy) is 1. The van der Waals surface area contributed by atoms with Crippen molar-refractivity contribution < 1.29 is 17.9 Å². The van der Waals surface area contributed by atoms with Gasteiger partial charge in [-0.05, 0) is 18.4 Å². The smallest absolute Gasteiger partial charge is 0.422 e. The van der Waals surface area contributed by atoms with Crippen LogP contribution in [0, 0.1) is 0 Å². The summed E-state index contributed by atoms with van der Waals surface area (Å²) in [7, 11) is -3.90. The fourth-order valence-electron chi connectivity index (χ4n) is 2.07. The van der Waals surface area contributed by atoms with E-state index >= 15 is 0 Å². The lowest BCUT2D eigenvalue weighted by Crippen LogP contribution is -2.45. The minimum Gasteiger partial charge on any atom is -0.444 e. The summed E-state index contributed by atoms with van der Waals surface area (Å²) < 4.78 is 33.0. The van der Waals surface area contributed by atoms with Crippen molar-refractivity contribution in [3.05, 3.63) is 35.9 Å². The van der Waals surface area contributed by atoms with Crippen LogP contribution in [-0.4, -0.2) is 20.6 Å². The second-order valence-corrected chi connectivity index (χ2v) is 6.51. The van der Waals surface area contributed by atoms with Crippen LogP contribution in [0.25, 0.3) is 0 Å². The number of benzene rings is 1. The highest BCUT2D eigenvalue weighted by Crippen LogP contribution is 2.06. The number of carbonyl (C=O) groups is 1. The van der Waals surface area contributed by atoms with E-state index in [0.29, 0.717) is 0 Å². The van der Waals surface area contributed by atoms with Gasteiger partial charge in [0.05, 0.1) is 0 Å². The van der Waals surface area contributed by atoms with Gasteiger partial charge in [0, 0.05) is 6.04 Å². The van der Waals surface area contributed by atoms with E-state index in [0.717, 1.165) is 31.2 Å². The maximum absolute atomic E-state index is 11.9. The zero-order valence-corrected chi connectivity index (χ0v) is 13.9. The topological polar surface area (TPSA) is 84.5 Å². The third kappa shape index (κ3) is 7.42. The maximum Gasteiger partial charge on any atom is 0.422 e. The van der Waals surface area contributed by atoms with Crippen molar-refractivity contribution in [1.29, 1.82) is 0 Å². The molecule has 0 radical (unpaired) electrons. The Balaban J connectivity index is 2.47. The summed E-state index contributed by atoms with van der Waals surface area (Å²) in [6.45, 7) is 3.99. The predicted octanol–water partition coefficient (Wildman–Crippen LogP) is 2.72. The minimum absolute atomic E-state index is 0.0234. The van der Waals surface area contributed by atoms with Crippen LogP contribution in [0.3, 0.4) is 0 Å². The van der Waals surface area contributed by atoms with Crippen LogP contribution < -0.4 is 9.44 Å². The van der Waals surface area contributed by atoms with Crippen molar-refractivity contribution in [2.45, 2.75) is 52.2 Å². The Morgan fingerprint density at radius 3 is 2.27 bits per heavy atom. The van der Waals surface area contributed by atoms with E-state index in [-0.39, 0.29) is 12.6 Å². The van der Waals surface area contributed by atoms with Crippen LogP contribution in [-0.2, 0) is 21.6 Å². The lowest BCUT2D eigenvalue weighted by atomic mass is 10.1. The van der Waals surface area contributed by atoms with Crippen LogP contribution in [0.2, 0.25) is 0 Å². The molecule has 1 rings (SSSR count).